The molecule has 0 spiro atoms. The first-order valence-electron chi connectivity index (χ1n) is 8.48. The number of carbonyl (C=O) groups is 1. The van der Waals surface area contributed by atoms with Gasteiger partial charge < -0.3 is 4.74 Å². The third kappa shape index (κ3) is 4.14. The van der Waals surface area contributed by atoms with E-state index in [0.717, 1.165) is 17.0 Å². The quantitative estimate of drug-likeness (QED) is 0.601. The van der Waals surface area contributed by atoms with Gasteiger partial charge in [-0.25, -0.2) is 14.8 Å². The minimum atomic E-state index is -0.440. The zero-order chi connectivity index (χ0) is 19.6. The van der Waals surface area contributed by atoms with Gasteiger partial charge in [0.1, 0.15) is 0 Å². The van der Waals surface area contributed by atoms with Crippen molar-refractivity contribution in [3.63, 3.8) is 0 Å². The topological polar surface area (TPSA) is 65.0 Å². The van der Waals surface area contributed by atoms with Crippen molar-refractivity contribution in [2.75, 3.05) is 7.11 Å². The molecule has 5 nitrogen and oxygen atoms in total. The predicted molar refractivity (Wildman–Crippen MR) is 106 cm³/mol. The van der Waals surface area contributed by atoms with Gasteiger partial charge in [0.25, 0.3) is 0 Å². The number of ether oxygens (including phenoxy) is 1. The Hall–Kier alpha value is -2.79. The van der Waals surface area contributed by atoms with Crippen LogP contribution in [0.3, 0.4) is 0 Å². The first-order valence-corrected chi connectivity index (χ1v) is 8.85. The van der Waals surface area contributed by atoms with Crippen molar-refractivity contribution in [2.24, 2.45) is 0 Å². The van der Waals surface area contributed by atoms with Crippen molar-refractivity contribution >= 4 is 17.6 Å². The van der Waals surface area contributed by atoms with Gasteiger partial charge in [-0.05, 0) is 36.4 Å². The van der Waals surface area contributed by atoms with Crippen LogP contribution in [-0.2, 0) is 10.2 Å². The summed E-state index contributed by atoms with van der Waals surface area (Å²) in [4.78, 5) is 25.1. The van der Waals surface area contributed by atoms with Crippen molar-refractivity contribution in [1.82, 2.24) is 15.0 Å². The normalized spacial score (nSPS) is 11.3. The predicted octanol–water partition coefficient (Wildman–Crippen LogP) is 4.94. The van der Waals surface area contributed by atoms with Crippen molar-refractivity contribution in [2.45, 2.75) is 26.2 Å². The van der Waals surface area contributed by atoms with Crippen LogP contribution in [-0.4, -0.2) is 28.0 Å². The number of nitrogens with zero attached hydrogens (tertiary/aromatic N) is 3. The maximum atomic E-state index is 11.6. The molecule has 1 aromatic carbocycles. The second kappa shape index (κ2) is 7.45. The van der Waals surface area contributed by atoms with Crippen LogP contribution in [0.15, 0.2) is 48.8 Å². The minimum Gasteiger partial charge on any atom is -0.465 e. The number of pyridine rings is 1. The van der Waals surface area contributed by atoms with Crippen LogP contribution in [0.25, 0.3) is 22.6 Å². The smallest absolute Gasteiger partial charge is 0.337 e. The molecule has 0 radical (unpaired) electrons. The average Bonchev–Trinajstić information content (AvgIpc) is 2.67. The Morgan fingerprint density at radius 1 is 1.04 bits per heavy atom. The number of rotatable bonds is 3. The second-order valence-electron chi connectivity index (χ2n) is 7.13. The summed E-state index contributed by atoms with van der Waals surface area (Å²) >= 11 is 6.35. The van der Waals surface area contributed by atoms with Gasteiger partial charge in [0.05, 0.1) is 23.4 Å². The number of benzene rings is 1. The van der Waals surface area contributed by atoms with E-state index in [0.29, 0.717) is 22.0 Å². The fourth-order valence-corrected chi connectivity index (χ4v) is 2.86. The highest BCUT2D eigenvalue weighted by molar-refractivity contribution is 6.33. The van der Waals surface area contributed by atoms with Gasteiger partial charge >= 0.3 is 5.97 Å². The van der Waals surface area contributed by atoms with Crippen LogP contribution in [0.5, 0.6) is 0 Å². The van der Waals surface area contributed by atoms with Gasteiger partial charge in [0.2, 0.25) is 0 Å². The molecule has 0 N–H and O–H groups in total. The standard InChI is InChI=1S/C21H20ClN3O2/c1-21(2,3)18-12-13(7-9-23-18)17-8-10-24-19(25-17)15-6-5-14(11-16(15)22)20(26)27-4/h5-12H,1-4H3. The van der Waals surface area contributed by atoms with Gasteiger partial charge in [0.15, 0.2) is 5.82 Å². The van der Waals surface area contributed by atoms with Gasteiger partial charge in [-0.2, -0.15) is 0 Å². The Labute approximate surface area is 163 Å². The summed E-state index contributed by atoms with van der Waals surface area (Å²) in [5, 5.41) is 0.389. The van der Waals surface area contributed by atoms with Gasteiger partial charge in [-0.1, -0.05) is 32.4 Å². The molecular weight excluding hydrogens is 362 g/mol. The molecule has 0 atom stereocenters. The molecule has 0 aliphatic carbocycles. The highest BCUT2D eigenvalue weighted by atomic mass is 35.5. The van der Waals surface area contributed by atoms with Crippen LogP contribution < -0.4 is 0 Å². The Balaban J connectivity index is 2.01. The van der Waals surface area contributed by atoms with Crippen LogP contribution in [0.4, 0.5) is 0 Å². The summed E-state index contributed by atoms with van der Waals surface area (Å²) in [6.45, 7) is 6.35. The molecular formula is C21H20ClN3O2. The fourth-order valence-electron chi connectivity index (χ4n) is 2.59. The van der Waals surface area contributed by atoms with Crippen LogP contribution >= 0.6 is 11.6 Å². The number of aromatic nitrogens is 3. The van der Waals surface area contributed by atoms with E-state index in [1.807, 2.05) is 18.2 Å². The lowest BCUT2D eigenvalue weighted by Gasteiger charge is -2.18. The largest absolute Gasteiger partial charge is 0.465 e. The number of hydrogen-bond donors (Lipinski definition) is 0. The van der Waals surface area contributed by atoms with E-state index < -0.39 is 5.97 Å². The van der Waals surface area contributed by atoms with E-state index in [9.17, 15) is 4.79 Å². The zero-order valence-electron chi connectivity index (χ0n) is 15.7. The Morgan fingerprint density at radius 2 is 1.78 bits per heavy atom. The van der Waals surface area contributed by atoms with E-state index in [-0.39, 0.29) is 5.41 Å². The van der Waals surface area contributed by atoms with E-state index in [4.69, 9.17) is 16.3 Å². The number of hydrogen-bond acceptors (Lipinski definition) is 5. The highest BCUT2D eigenvalue weighted by Crippen LogP contribution is 2.29. The molecule has 138 valence electrons. The summed E-state index contributed by atoms with van der Waals surface area (Å²) in [5.41, 5.74) is 3.70. The summed E-state index contributed by atoms with van der Waals surface area (Å²) < 4.78 is 4.72. The van der Waals surface area contributed by atoms with E-state index in [1.165, 1.54) is 7.11 Å². The molecule has 27 heavy (non-hydrogen) atoms. The monoisotopic (exact) mass is 381 g/mol. The van der Waals surface area contributed by atoms with Crippen LogP contribution in [0.2, 0.25) is 5.02 Å². The van der Waals surface area contributed by atoms with Gasteiger partial charge in [-0.15, -0.1) is 0 Å². The number of halogens is 1. The molecule has 0 aliphatic heterocycles. The fraction of sp³-hybridized carbons (Fsp3) is 0.238. The molecule has 0 aliphatic rings. The summed E-state index contributed by atoms with van der Waals surface area (Å²) in [6.07, 6.45) is 3.48. The van der Waals surface area contributed by atoms with Gasteiger partial charge in [-0.3, -0.25) is 4.98 Å². The summed E-state index contributed by atoms with van der Waals surface area (Å²) in [7, 11) is 1.33. The maximum Gasteiger partial charge on any atom is 0.337 e. The number of carbonyl (C=O) groups excluding carboxylic acids is 1. The molecule has 2 aromatic heterocycles. The first kappa shape index (κ1) is 19.0. The summed E-state index contributed by atoms with van der Waals surface area (Å²) in [6, 6.07) is 10.7. The molecule has 2 heterocycles. The third-order valence-corrected chi connectivity index (χ3v) is 4.42. The van der Waals surface area contributed by atoms with Crippen molar-refractivity contribution in [3.8, 4) is 22.6 Å². The first-order chi connectivity index (χ1) is 12.8. The lowest BCUT2D eigenvalue weighted by molar-refractivity contribution is 0.0600. The SMILES string of the molecule is COC(=O)c1ccc(-c2nccc(-c3ccnc(C(C)(C)C)c3)n2)c(Cl)c1. The summed E-state index contributed by atoms with van der Waals surface area (Å²) in [5.74, 6) is 0.0488. The number of methoxy groups -OCH3 is 1. The number of esters is 1. The molecule has 0 amide bonds. The molecule has 3 rings (SSSR count). The van der Waals surface area contributed by atoms with Crippen LogP contribution in [0, 0.1) is 0 Å². The Morgan fingerprint density at radius 3 is 2.44 bits per heavy atom. The zero-order valence-corrected chi connectivity index (χ0v) is 16.4. The van der Waals surface area contributed by atoms with Crippen molar-refractivity contribution in [3.05, 3.63) is 65.1 Å². The second-order valence-corrected chi connectivity index (χ2v) is 7.54. The third-order valence-electron chi connectivity index (χ3n) is 4.11. The lowest BCUT2D eigenvalue weighted by Crippen LogP contribution is -2.13. The van der Waals surface area contributed by atoms with Crippen molar-refractivity contribution < 1.29 is 9.53 Å². The molecule has 6 heteroatoms. The lowest BCUT2D eigenvalue weighted by atomic mass is 9.90. The Bertz CT molecular complexity index is 997. The molecule has 3 aromatic rings. The minimum absolute atomic E-state index is 0.0567. The van der Waals surface area contributed by atoms with E-state index in [2.05, 4.69) is 35.7 Å². The van der Waals surface area contributed by atoms with E-state index in [1.54, 1.807) is 30.6 Å². The highest BCUT2D eigenvalue weighted by Gasteiger charge is 2.17. The van der Waals surface area contributed by atoms with E-state index >= 15 is 0 Å². The van der Waals surface area contributed by atoms with Crippen molar-refractivity contribution in [1.29, 1.82) is 0 Å². The maximum absolute atomic E-state index is 11.6. The van der Waals surface area contributed by atoms with Crippen LogP contribution in [0.1, 0.15) is 36.8 Å². The van der Waals surface area contributed by atoms with Gasteiger partial charge in [0, 0.05) is 34.6 Å². The molecule has 0 bridgehead atoms. The molecule has 0 unspecified atom stereocenters. The Kier molecular flexibility index (Phi) is 5.24. The average molecular weight is 382 g/mol. The molecule has 0 saturated heterocycles. The molecule has 0 fully saturated rings. The molecule has 0 saturated carbocycles.